The summed E-state index contributed by atoms with van der Waals surface area (Å²) in [5.41, 5.74) is 0. The van der Waals surface area contributed by atoms with Crippen molar-refractivity contribution in [2.45, 2.75) is 114 Å². The van der Waals surface area contributed by atoms with E-state index in [-0.39, 0.29) is 36.2 Å². The molecule has 2 heterocycles. The van der Waals surface area contributed by atoms with E-state index in [1.165, 1.54) is 0 Å². The van der Waals surface area contributed by atoms with E-state index in [1.807, 2.05) is 0 Å². The summed E-state index contributed by atoms with van der Waals surface area (Å²) in [6.45, 7) is 1.79. The molecule has 2 aliphatic rings. The van der Waals surface area contributed by atoms with Crippen molar-refractivity contribution >= 4 is 16.3 Å². The van der Waals surface area contributed by atoms with Crippen molar-refractivity contribution in [2.24, 2.45) is 4.99 Å². The van der Waals surface area contributed by atoms with Crippen LogP contribution in [0.15, 0.2) is 4.99 Å². The Labute approximate surface area is 250 Å². The molecule has 2 fully saturated rings. The van der Waals surface area contributed by atoms with E-state index in [2.05, 4.69) is 16.1 Å². The van der Waals surface area contributed by atoms with Crippen molar-refractivity contribution in [2.75, 3.05) is 19.8 Å². The molecule has 2 aliphatic heterocycles. The van der Waals surface area contributed by atoms with Crippen LogP contribution in [0.4, 0.5) is 0 Å². The zero-order valence-corrected chi connectivity index (χ0v) is 25.3. The molecular formula is C22H40NNaO14S. The Bertz CT molecular complexity index is 830. The summed E-state index contributed by atoms with van der Waals surface area (Å²) in [4.78, 5) is 3.84. The Morgan fingerprint density at radius 2 is 1.54 bits per heavy atom. The minimum atomic E-state index is -4.94. The minimum Gasteiger partial charge on any atom is -0.862 e. The summed E-state index contributed by atoms with van der Waals surface area (Å²) in [5.74, 6) is -0.676. The van der Waals surface area contributed by atoms with Gasteiger partial charge in [-0.05, 0) is 19.2 Å². The SMILES string of the molecule is CCCCCCCCO[C@@H]1O[C@H](COS(=O)(=O)O)[C@@H](O[C@@H]2O[C@H](CO)[C@H](O)[C@H](O)[C@H]2O)[C@H](O)[C@H]1N=C(C)[O-].[Na+]. The number of ether oxygens (including phenoxy) is 4. The molecule has 0 saturated carbocycles. The maximum absolute atomic E-state index is 11.8. The number of hydrogen-bond acceptors (Lipinski definition) is 14. The van der Waals surface area contributed by atoms with E-state index in [1.54, 1.807) is 0 Å². The smallest absolute Gasteiger partial charge is 0.862 e. The predicted molar refractivity (Wildman–Crippen MR) is 127 cm³/mol. The molecule has 0 radical (unpaired) electrons. The van der Waals surface area contributed by atoms with E-state index in [0.29, 0.717) is 6.42 Å². The molecule has 6 N–H and O–H groups in total. The van der Waals surface area contributed by atoms with Gasteiger partial charge in [-0.3, -0.25) is 9.55 Å². The average Bonchev–Trinajstić information content (AvgIpc) is 2.85. The van der Waals surface area contributed by atoms with Gasteiger partial charge in [-0.1, -0.05) is 39.0 Å². The normalized spacial score (nSPS) is 35.9. The fourth-order valence-corrected chi connectivity index (χ4v) is 4.57. The maximum Gasteiger partial charge on any atom is 1.00 e. The van der Waals surface area contributed by atoms with Crippen LogP contribution in [-0.4, -0.2) is 126 Å². The fraction of sp³-hybridized carbons (Fsp3) is 0.955. The minimum absolute atomic E-state index is 0. The molecule has 17 heteroatoms. The van der Waals surface area contributed by atoms with Gasteiger partial charge < -0.3 is 49.6 Å². The maximum atomic E-state index is 11.8. The third-order valence-electron chi connectivity index (χ3n) is 6.27. The standard InChI is InChI=1S/C22H41NO14S.Na/c1-3-4-5-6-7-8-9-33-21-15(23-12(2)25)17(27)20(14(36-21)11-34-38(30,31)32)37-22-19(29)18(28)16(26)13(10-24)35-22;/h13-22,24,26-29H,3-11H2,1-2H3,(H,23,25)(H,30,31,32);/q;+1/p-1/t13-,14-,15-,16+,17-,18+,19-,20-,21-,22+;/m1./s1. The number of hydrogen-bond donors (Lipinski definition) is 6. The number of aliphatic hydroxyl groups excluding tert-OH is 5. The van der Waals surface area contributed by atoms with Crippen molar-refractivity contribution in [3.05, 3.63) is 0 Å². The number of rotatable bonds is 15. The van der Waals surface area contributed by atoms with Crippen LogP contribution in [0.5, 0.6) is 0 Å². The average molecular weight is 598 g/mol. The predicted octanol–water partition coefficient (Wildman–Crippen LogP) is -5.39. The van der Waals surface area contributed by atoms with Crippen molar-refractivity contribution in [3.8, 4) is 0 Å². The molecule has 0 aromatic rings. The van der Waals surface area contributed by atoms with Gasteiger partial charge >= 0.3 is 40.0 Å². The van der Waals surface area contributed by atoms with Gasteiger partial charge in [0.25, 0.3) is 0 Å². The van der Waals surface area contributed by atoms with Crippen LogP contribution in [-0.2, 0) is 33.5 Å². The first-order valence-corrected chi connectivity index (χ1v) is 14.0. The van der Waals surface area contributed by atoms with Crippen LogP contribution in [0.1, 0.15) is 52.4 Å². The fourth-order valence-electron chi connectivity index (χ4n) is 4.26. The molecule has 39 heavy (non-hydrogen) atoms. The largest absolute Gasteiger partial charge is 1.00 e. The van der Waals surface area contributed by atoms with E-state index < -0.39 is 90.9 Å². The molecular weight excluding hydrogens is 557 g/mol. The Kier molecular flexibility index (Phi) is 16.9. The van der Waals surface area contributed by atoms with Crippen LogP contribution in [0.2, 0.25) is 0 Å². The third kappa shape index (κ3) is 11.6. The molecule has 0 aliphatic carbocycles. The van der Waals surface area contributed by atoms with Gasteiger partial charge in [0.05, 0.1) is 13.2 Å². The molecule has 0 aromatic heterocycles. The van der Waals surface area contributed by atoms with Crippen LogP contribution in [0, 0.1) is 0 Å². The molecule has 0 unspecified atom stereocenters. The van der Waals surface area contributed by atoms with Crippen LogP contribution >= 0.6 is 0 Å². The Morgan fingerprint density at radius 3 is 2.13 bits per heavy atom. The molecule has 15 nitrogen and oxygen atoms in total. The third-order valence-corrected chi connectivity index (χ3v) is 6.71. The van der Waals surface area contributed by atoms with E-state index in [0.717, 1.165) is 39.0 Å². The summed E-state index contributed by atoms with van der Waals surface area (Å²) in [7, 11) is -4.94. The van der Waals surface area contributed by atoms with Gasteiger partial charge in [0.2, 0.25) is 0 Å². The number of unbranched alkanes of at least 4 members (excludes halogenated alkanes) is 5. The van der Waals surface area contributed by atoms with E-state index >= 15 is 0 Å². The zero-order chi connectivity index (χ0) is 28.5. The first kappa shape index (κ1) is 37.0. The molecule has 0 spiro atoms. The molecule has 2 saturated heterocycles. The van der Waals surface area contributed by atoms with Crippen molar-refractivity contribution in [1.29, 1.82) is 0 Å². The zero-order valence-electron chi connectivity index (χ0n) is 22.4. The Morgan fingerprint density at radius 1 is 0.923 bits per heavy atom. The molecule has 224 valence electrons. The topological polar surface area (TPSA) is 237 Å². The van der Waals surface area contributed by atoms with Gasteiger partial charge in [0, 0.05) is 6.61 Å². The summed E-state index contributed by atoms with van der Waals surface area (Å²) in [5, 5.41) is 62.7. The molecule has 10 atom stereocenters. The second kappa shape index (κ2) is 17.8. The van der Waals surface area contributed by atoms with Crippen molar-refractivity contribution in [3.63, 3.8) is 0 Å². The molecule has 2 rings (SSSR count). The summed E-state index contributed by atoms with van der Waals surface area (Å²) >= 11 is 0. The molecule has 0 aromatic carbocycles. The quantitative estimate of drug-likeness (QED) is 0.0340. The van der Waals surface area contributed by atoms with E-state index in [9.17, 15) is 39.1 Å². The van der Waals surface area contributed by atoms with Crippen LogP contribution in [0.25, 0.3) is 0 Å². The van der Waals surface area contributed by atoms with Gasteiger partial charge in [-0.25, -0.2) is 4.18 Å². The number of aliphatic imine (C=N–C) groups is 1. The monoisotopic (exact) mass is 597 g/mol. The summed E-state index contributed by atoms with van der Waals surface area (Å²) < 4.78 is 58.2. The van der Waals surface area contributed by atoms with Crippen LogP contribution < -0.4 is 34.7 Å². The van der Waals surface area contributed by atoms with Gasteiger partial charge in [-0.2, -0.15) is 8.42 Å². The Hall–Kier alpha value is -0.0200. The first-order valence-electron chi connectivity index (χ1n) is 12.6. The van der Waals surface area contributed by atoms with Crippen LogP contribution in [0.3, 0.4) is 0 Å². The number of nitrogens with zero attached hydrogens (tertiary/aromatic N) is 1. The number of aliphatic hydroxyl groups is 5. The second-order valence-corrected chi connectivity index (χ2v) is 10.4. The second-order valence-electron chi connectivity index (χ2n) is 9.32. The van der Waals surface area contributed by atoms with Crippen molar-refractivity contribution in [1.82, 2.24) is 0 Å². The van der Waals surface area contributed by atoms with Gasteiger partial charge in [0.15, 0.2) is 12.6 Å². The van der Waals surface area contributed by atoms with Gasteiger partial charge in [-0.15, -0.1) is 0 Å². The summed E-state index contributed by atoms with van der Waals surface area (Å²) in [6, 6.07) is -1.34. The Balaban J connectivity index is 0.00000760. The van der Waals surface area contributed by atoms with Gasteiger partial charge in [0.1, 0.15) is 48.8 Å². The summed E-state index contributed by atoms with van der Waals surface area (Å²) in [6.07, 6.45) is -8.71. The first-order chi connectivity index (χ1) is 17.9. The molecule has 0 bridgehead atoms. The van der Waals surface area contributed by atoms with E-state index in [4.69, 9.17) is 23.5 Å². The van der Waals surface area contributed by atoms with Crippen molar-refractivity contribution < 1.29 is 96.3 Å². The molecule has 0 amide bonds.